The second-order valence-corrected chi connectivity index (χ2v) is 7.30. The number of anilines is 1. The average molecular weight is 328 g/mol. The molecule has 0 N–H and O–H groups in total. The minimum absolute atomic E-state index is 0.228. The van der Waals surface area contributed by atoms with E-state index in [1.54, 1.807) is 18.5 Å². The number of aromatic nitrogens is 2. The van der Waals surface area contributed by atoms with Crippen LogP contribution in [0.5, 0.6) is 0 Å². The molecule has 24 heavy (non-hydrogen) atoms. The Bertz CT molecular complexity index is 704. The summed E-state index contributed by atoms with van der Waals surface area (Å²) in [4.78, 5) is 13.6. The Hall–Kier alpha value is -1.75. The van der Waals surface area contributed by atoms with Crippen LogP contribution in [0.1, 0.15) is 32.6 Å². The topological polar surface area (TPSA) is 32.3 Å². The molecule has 1 aromatic heterocycles. The van der Waals surface area contributed by atoms with Crippen LogP contribution < -0.4 is 4.90 Å². The molecule has 2 fully saturated rings. The normalized spacial score (nSPS) is 26.0. The smallest absolute Gasteiger partial charge is 0.140 e. The first kappa shape index (κ1) is 15.8. The van der Waals surface area contributed by atoms with Crippen LogP contribution in [0.4, 0.5) is 10.2 Å². The number of halogens is 1. The van der Waals surface area contributed by atoms with Crippen molar-refractivity contribution in [1.29, 1.82) is 0 Å². The van der Waals surface area contributed by atoms with E-state index in [2.05, 4.69) is 26.7 Å². The summed E-state index contributed by atoms with van der Waals surface area (Å²) in [5.41, 5.74) is 0.810. The van der Waals surface area contributed by atoms with Gasteiger partial charge in [-0.3, -0.25) is 4.90 Å². The molecular weight excluding hydrogens is 303 g/mol. The van der Waals surface area contributed by atoms with Crippen LogP contribution >= 0.6 is 0 Å². The van der Waals surface area contributed by atoms with Crippen LogP contribution in [-0.4, -0.2) is 47.1 Å². The van der Waals surface area contributed by atoms with E-state index < -0.39 is 0 Å². The van der Waals surface area contributed by atoms with E-state index >= 15 is 0 Å². The molecule has 1 aromatic carbocycles. The van der Waals surface area contributed by atoms with Crippen molar-refractivity contribution in [2.24, 2.45) is 5.92 Å². The third-order valence-corrected chi connectivity index (χ3v) is 5.69. The van der Waals surface area contributed by atoms with Gasteiger partial charge < -0.3 is 4.90 Å². The van der Waals surface area contributed by atoms with Crippen molar-refractivity contribution in [3.8, 4) is 0 Å². The predicted octanol–water partition coefficient (Wildman–Crippen LogP) is 3.47. The van der Waals surface area contributed by atoms with Gasteiger partial charge in [-0.05, 0) is 49.8 Å². The molecule has 1 aliphatic carbocycles. The lowest BCUT2D eigenvalue weighted by Crippen LogP contribution is -2.51. The van der Waals surface area contributed by atoms with Crippen molar-refractivity contribution in [3.05, 3.63) is 30.3 Å². The van der Waals surface area contributed by atoms with Gasteiger partial charge in [0.25, 0.3) is 0 Å². The van der Waals surface area contributed by atoms with Crippen molar-refractivity contribution in [2.45, 2.75) is 38.6 Å². The number of rotatable bonds is 2. The van der Waals surface area contributed by atoms with Crippen LogP contribution in [0.2, 0.25) is 0 Å². The molecule has 4 rings (SSSR count). The highest BCUT2D eigenvalue weighted by Crippen LogP contribution is 2.29. The number of hydrogen-bond donors (Lipinski definition) is 0. The molecule has 0 bridgehead atoms. The summed E-state index contributed by atoms with van der Waals surface area (Å²) in [5, 5.41) is 0.817. The first-order valence-electron chi connectivity index (χ1n) is 9.10. The maximum atomic E-state index is 13.6. The molecule has 2 aliphatic rings. The van der Waals surface area contributed by atoms with Gasteiger partial charge in [-0.2, -0.15) is 0 Å². The molecule has 5 heteroatoms. The molecule has 0 radical (unpaired) electrons. The Balaban J connectivity index is 1.47. The molecule has 1 saturated heterocycles. The van der Waals surface area contributed by atoms with Crippen LogP contribution in [0.25, 0.3) is 10.9 Å². The molecular formula is C19H25FN4. The second kappa shape index (κ2) is 6.63. The van der Waals surface area contributed by atoms with E-state index in [1.807, 2.05) is 0 Å². The first-order valence-corrected chi connectivity index (χ1v) is 9.10. The van der Waals surface area contributed by atoms with E-state index in [1.165, 1.54) is 31.7 Å². The monoisotopic (exact) mass is 328 g/mol. The molecule has 0 atom stereocenters. The van der Waals surface area contributed by atoms with Crippen LogP contribution in [-0.2, 0) is 0 Å². The van der Waals surface area contributed by atoms with E-state index in [0.29, 0.717) is 0 Å². The molecule has 1 saturated carbocycles. The summed E-state index contributed by atoms with van der Waals surface area (Å²) in [5.74, 6) is 1.54. The molecule has 0 unspecified atom stereocenters. The Labute approximate surface area is 142 Å². The third kappa shape index (κ3) is 3.09. The maximum Gasteiger partial charge on any atom is 0.140 e. The predicted molar refractivity (Wildman–Crippen MR) is 94.7 cm³/mol. The van der Waals surface area contributed by atoms with E-state index in [0.717, 1.165) is 54.9 Å². The Kier molecular flexibility index (Phi) is 4.35. The zero-order chi connectivity index (χ0) is 16.5. The zero-order valence-corrected chi connectivity index (χ0v) is 14.3. The van der Waals surface area contributed by atoms with Crippen molar-refractivity contribution >= 4 is 16.7 Å². The lowest BCUT2D eigenvalue weighted by Gasteiger charge is -2.42. The van der Waals surface area contributed by atoms with E-state index in [4.69, 9.17) is 0 Å². The molecule has 2 heterocycles. The molecule has 2 aromatic rings. The number of hydrogen-bond acceptors (Lipinski definition) is 4. The molecule has 0 spiro atoms. The summed E-state index contributed by atoms with van der Waals surface area (Å²) < 4.78 is 13.6. The minimum atomic E-state index is -0.228. The first-order chi connectivity index (χ1) is 11.7. The minimum Gasteiger partial charge on any atom is -0.353 e. The van der Waals surface area contributed by atoms with Gasteiger partial charge in [0.15, 0.2) is 0 Å². The highest BCUT2D eigenvalue weighted by Gasteiger charge is 2.27. The number of nitrogens with zero attached hydrogens (tertiary/aromatic N) is 4. The van der Waals surface area contributed by atoms with Crippen molar-refractivity contribution in [3.63, 3.8) is 0 Å². The Morgan fingerprint density at radius 2 is 1.75 bits per heavy atom. The third-order valence-electron chi connectivity index (χ3n) is 5.69. The van der Waals surface area contributed by atoms with E-state index in [9.17, 15) is 4.39 Å². The van der Waals surface area contributed by atoms with Gasteiger partial charge in [-0.25, -0.2) is 14.4 Å². The van der Waals surface area contributed by atoms with Gasteiger partial charge in [0.1, 0.15) is 18.0 Å². The van der Waals surface area contributed by atoms with Crippen LogP contribution in [0, 0.1) is 11.7 Å². The maximum absolute atomic E-state index is 13.6. The van der Waals surface area contributed by atoms with Crippen molar-refractivity contribution in [2.75, 3.05) is 31.1 Å². The summed E-state index contributed by atoms with van der Waals surface area (Å²) in [6.07, 6.45) is 6.98. The van der Waals surface area contributed by atoms with Gasteiger partial charge in [-0.1, -0.05) is 6.92 Å². The Morgan fingerprint density at radius 3 is 2.50 bits per heavy atom. The van der Waals surface area contributed by atoms with Crippen LogP contribution in [0.3, 0.4) is 0 Å². The van der Waals surface area contributed by atoms with Gasteiger partial charge >= 0.3 is 0 Å². The second-order valence-electron chi connectivity index (χ2n) is 7.30. The van der Waals surface area contributed by atoms with E-state index in [-0.39, 0.29) is 5.82 Å². The highest BCUT2D eigenvalue weighted by atomic mass is 19.1. The van der Waals surface area contributed by atoms with Crippen molar-refractivity contribution < 1.29 is 4.39 Å². The SMILES string of the molecule is CC1CCC(N2CCN(c3ncnc4ccc(F)cc34)CC2)CC1. The molecule has 128 valence electrons. The largest absolute Gasteiger partial charge is 0.353 e. The fraction of sp³-hybridized carbons (Fsp3) is 0.579. The average Bonchev–Trinajstić information content (AvgIpc) is 2.62. The fourth-order valence-electron chi connectivity index (χ4n) is 4.17. The quantitative estimate of drug-likeness (QED) is 0.845. The number of fused-ring (bicyclic) bond motifs is 1. The summed E-state index contributed by atoms with van der Waals surface area (Å²) in [7, 11) is 0. The molecule has 1 aliphatic heterocycles. The molecule has 0 amide bonds. The lowest BCUT2D eigenvalue weighted by atomic mass is 9.86. The summed E-state index contributed by atoms with van der Waals surface area (Å²) in [6.45, 7) is 6.41. The number of benzene rings is 1. The van der Waals surface area contributed by atoms with Gasteiger partial charge in [0.2, 0.25) is 0 Å². The van der Waals surface area contributed by atoms with Gasteiger partial charge in [0.05, 0.1) is 5.52 Å². The zero-order valence-electron chi connectivity index (χ0n) is 14.3. The lowest BCUT2D eigenvalue weighted by molar-refractivity contribution is 0.132. The van der Waals surface area contributed by atoms with Gasteiger partial charge in [-0.15, -0.1) is 0 Å². The summed E-state index contributed by atoms with van der Waals surface area (Å²) in [6, 6.07) is 5.50. The highest BCUT2D eigenvalue weighted by molar-refractivity contribution is 5.89. The fourth-order valence-corrected chi connectivity index (χ4v) is 4.17. The summed E-state index contributed by atoms with van der Waals surface area (Å²) >= 11 is 0. The van der Waals surface area contributed by atoms with Crippen molar-refractivity contribution in [1.82, 2.24) is 14.9 Å². The standard InChI is InChI=1S/C19H25FN4/c1-14-2-5-16(6-3-14)23-8-10-24(11-9-23)19-17-12-15(20)4-7-18(17)21-13-22-19/h4,7,12-14,16H,2-3,5-6,8-11H2,1H3. The number of piperazine rings is 1. The van der Waals surface area contributed by atoms with Crippen LogP contribution in [0.15, 0.2) is 24.5 Å². The molecule has 4 nitrogen and oxygen atoms in total. The van der Waals surface area contributed by atoms with Gasteiger partial charge in [0, 0.05) is 37.6 Å². The Morgan fingerprint density at radius 1 is 1.00 bits per heavy atom.